The van der Waals surface area contributed by atoms with Crippen LogP contribution in [-0.2, 0) is 4.74 Å². The van der Waals surface area contributed by atoms with E-state index in [2.05, 4.69) is 17.0 Å². The maximum Gasteiger partial charge on any atom is 0.161 e. The molecular weight excluding hydrogens is 378 g/mol. The smallest absolute Gasteiger partial charge is 0.161 e. The van der Waals surface area contributed by atoms with Gasteiger partial charge in [-0.3, -0.25) is 0 Å². The molecule has 2 aromatic carbocycles. The zero-order valence-corrected chi connectivity index (χ0v) is 17.1. The van der Waals surface area contributed by atoms with Crippen LogP contribution in [-0.4, -0.2) is 45.5 Å². The molecule has 30 heavy (non-hydrogen) atoms. The normalized spacial score (nSPS) is 14.4. The summed E-state index contributed by atoms with van der Waals surface area (Å²) < 4.78 is 16.2. The average Bonchev–Trinajstić information content (AvgIpc) is 2.82. The van der Waals surface area contributed by atoms with Gasteiger partial charge in [-0.2, -0.15) is 5.26 Å². The van der Waals surface area contributed by atoms with Crippen molar-refractivity contribution in [2.24, 2.45) is 0 Å². The van der Waals surface area contributed by atoms with E-state index in [1.807, 2.05) is 42.5 Å². The van der Waals surface area contributed by atoms with Crippen molar-refractivity contribution in [3.05, 3.63) is 59.7 Å². The molecule has 2 heterocycles. The van der Waals surface area contributed by atoms with E-state index in [1.165, 1.54) is 0 Å². The Kier molecular flexibility index (Phi) is 5.82. The highest BCUT2D eigenvalue weighted by atomic mass is 16.5. The molecule has 6 nitrogen and oxygen atoms in total. The molecule has 0 unspecified atom stereocenters. The number of hydrogen-bond acceptors (Lipinski definition) is 6. The molecule has 0 amide bonds. The minimum absolute atomic E-state index is 0.530. The Hall–Kier alpha value is -3.56. The van der Waals surface area contributed by atoms with Crippen LogP contribution in [0.4, 0.5) is 5.82 Å². The summed E-state index contributed by atoms with van der Waals surface area (Å²) in [6.07, 6.45) is 1.89. The molecule has 1 aromatic heterocycles. The van der Waals surface area contributed by atoms with Crippen LogP contribution in [0.25, 0.3) is 22.6 Å². The fraction of sp³-hybridized carbons (Fsp3) is 0.250. The highest BCUT2D eigenvalue weighted by Gasteiger charge is 2.17. The van der Waals surface area contributed by atoms with E-state index < -0.39 is 0 Å². The van der Waals surface area contributed by atoms with Gasteiger partial charge in [0.1, 0.15) is 5.82 Å². The first-order valence-electron chi connectivity index (χ1n) is 9.80. The fourth-order valence-corrected chi connectivity index (χ4v) is 3.60. The van der Waals surface area contributed by atoms with Crippen LogP contribution in [0.1, 0.15) is 11.1 Å². The second-order valence-corrected chi connectivity index (χ2v) is 6.93. The SMILES string of the molecule is COc1ccc(/C(C#N)=C\c2cc3ccccc3nc2N2CCOCC2)cc1OC. The summed E-state index contributed by atoms with van der Waals surface area (Å²) in [6, 6.07) is 17.9. The van der Waals surface area contributed by atoms with Gasteiger partial charge < -0.3 is 19.1 Å². The van der Waals surface area contributed by atoms with Gasteiger partial charge in [-0.1, -0.05) is 18.2 Å². The number of benzene rings is 2. The van der Waals surface area contributed by atoms with Gasteiger partial charge in [-0.05, 0) is 42.0 Å². The lowest BCUT2D eigenvalue weighted by Gasteiger charge is -2.29. The molecule has 1 fully saturated rings. The number of rotatable bonds is 5. The summed E-state index contributed by atoms with van der Waals surface area (Å²) in [5.41, 5.74) is 3.13. The maximum absolute atomic E-state index is 9.90. The first-order valence-corrected chi connectivity index (χ1v) is 9.80. The Bertz CT molecular complexity index is 1130. The van der Waals surface area contributed by atoms with Gasteiger partial charge in [0.25, 0.3) is 0 Å². The lowest BCUT2D eigenvalue weighted by molar-refractivity contribution is 0.122. The van der Waals surface area contributed by atoms with Gasteiger partial charge in [0.15, 0.2) is 11.5 Å². The number of anilines is 1. The third kappa shape index (κ3) is 3.93. The van der Waals surface area contributed by atoms with E-state index in [-0.39, 0.29) is 0 Å². The summed E-state index contributed by atoms with van der Waals surface area (Å²) in [6.45, 7) is 2.87. The van der Waals surface area contributed by atoms with E-state index in [1.54, 1.807) is 20.3 Å². The summed E-state index contributed by atoms with van der Waals surface area (Å²) in [5, 5.41) is 10.9. The van der Waals surface area contributed by atoms with Gasteiger partial charge in [-0.25, -0.2) is 4.98 Å². The molecule has 3 aromatic rings. The molecule has 6 heteroatoms. The van der Waals surface area contributed by atoms with Gasteiger partial charge in [0, 0.05) is 24.0 Å². The molecule has 1 saturated heterocycles. The molecule has 0 radical (unpaired) electrons. The number of pyridine rings is 1. The minimum atomic E-state index is 0.530. The number of ether oxygens (including phenoxy) is 3. The molecule has 0 saturated carbocycles. The number of methoxy groups -OCH3 is 2. The van der Waals surface area contributed by atoms with Crippen LogP contribution < -0.4 is 14.4 Å². The molecule has 0 atom stereocenters. The van der Waals surface area contributed by atoms with Gasteiger partial charge in [0.05, 0.1) is 44.6 Å². The van der Waals surface area contributed by atoms with Gasteiger partial charge in [0.2, 0.25) is 0 Å². The second kappa shape index (κ2) is 8.85. The highest BCUT2D eigenvalue weighted by Crippen LogP contribution is 2.33. The Morgan fingerprint density at radius 3 is 2.57 bits per heavy atom. The highest BCUT2D eigenvalue weighted by molar-refractivity contribution is 5.95. The van der Waals surface area contributed by atoms with Gasteiger partial charge >= 0.3 is 0 Å². The third-order valence-corrected chi connectivity index (χ3v) is 5.16. The molecule has 0 bridgehead atoms. The topological polar surface area (TPSA) is 67.6 Å². The lowest BCUT2D eigenvalue weighted by Crippen LogP contribution is -2.37. The van der Waals surface area contributed by atoms with Crippen molar-refractivity contribution < 1.29 is 14.2 Å². The Morgan fingerprint density at radius 1 is 1.07 bits per heavy atom. The second-order valence-electron chi connectivity index (χ2n) is 6.93. The van der Waals surface area contributed by atoms with Crippen molar-refractivity contribution in [1.82, 2.24) is 4.98 Å². The monoisotopic (exact) mass is 401 g/mol. The maximum atomic E-state index is 9.90. The number of fused-ring (bicyclic) bond motifs is 1. The molecule has 0 N–H and O–H groups in total. The largest absolute Gasteiger partial charge is 0.493 e. The van der Waals surface area contributed by atoms with E-state index in [0.29, 0.717) is 30.3 Å². The van der Waals surface area contributed by atoms with Crippen molar-refractivity contribution in [2.75, 3.05) is 45.4 Å². The Labute approximate surface area is 175 Å². The molecule has 4 rings (SSSR count). The number of nitrogens with zero attached hydrogens (tertiary/aromatic N) is 3. The summed E-state index contributed by atoms with van der Waals surface area (Å²) >= 11 is 0. The van der Waals surface area contributed by atoms with Crippen LogP contribution in [0.15, 0.2) is 48.5 Å². The van der Waals surface area contributed by atoms with Crippen molar-refractivity contribution in [3.8, 4) is 17.6 Å². The fourth-order valence-electron chi connectivity index (χ4n) is 3.60. The number of para-hydroxylation sites is 1. The number of aromatic nitrogens is 1. The zero-order valence-electron chi connectivity index (χ0n) is 17.1. The third-order valence-electron chi connectivity index (χ3n) is 5.16. The zero-order chi connectivity index (χ0) is 20.9. The Balaban J connectivity index is 1.84. The summed E-state index contributed by atoms with van der Waals surface area (Å²) in [5.74, 6) is 2.08. The number of nitriles is 1. The van der Waals surface area contributed by atoms with Crippen LogP contribution in [0.3, 0.4) is 0 Å². The predicted octanol–water partition coefficient (Wildman–Crippen LogP) is 4.15. The number of allylic oxidation sites excluding steroid dienone is 1. The quantitative estimate of drug-likeness (QED) is 0.598. The molecule has 1 aliphatic heterocycles. The van der Waals surface area contributed by atoms with Crippen LogP contribution >= 0.6 is 0 Å². The summed E-state index contributed by atoms with van der Waals surface area (Å²) in [4.78, 5) is 7.13. The molecule has 152 valence electrons. The number of morpholine rings is 1. The standard InChI is InChI=1S/C24H23N3O3/c1-28-22-8-7-17(15-23(22)29-2)20(16-25)14-19-13-18-5-3-4-6-21(18)26-24(19)27-9-11-30-12-10-27/h3-8,13-15H,9-12H2,1-2H3/b20-14-. The van der Waals surface area contributed by atoms with Crippen LogP contribution in [0.5, 0.6) is 11.5 Å². The molecule has 1 aliphatic rings. The lowest BCUT2D eigenvalue weighted by atomic mass is 10.0. The first-order chi connectivity index (χ1) is 14.7. The number of hydrogen-bond donors (Lipinski definition) is 0. The molecular formula is C24H23N3O3. The molecule has 0 spiro atoms. The molecule has 0 aliphatic carbocycles. The van der Waals surface area contributed by atoms with E-state index in [9.17, 15) is 5.26 Å². The predicted molar refractivity (Wildman–Crippen MR) is 118 cm³/mol. The summed E-state index contributed by atoms with van der Waals surface area (Å²) in [7, 11) is 3.18. The Morgan fingerprint density at radius 2 is 1.83 bits per heavy atom. The first kappa shape index (κ1) is 19.7. The minimum Gasteiger partial charge on any atom is -0.493 e. The van der Waals surface area contributed by atoms with E-state index >= 15 is 0 Å². The van der Waals surface area contributed by atoms with Crippen LogP contribution in [0, 0.1) is 11.3 Å². The van der Waals surface area contributed by atoms with Crippen molar-refractivity contribution in [3.63, 3.8) is 0 Å². The van der Waals surface area contributed by atoms with E-state index in [0.717, 1.165) is 40.9 Å². The van der Waals surface area contributed by atoms with Crippen LogP contribution in [0.2, 0.25) is 0 Å². The van der Waals surface area contributed by atoms with Gasteiger partial charge in [-0.15, -0.1) is 0 Å². The van der Waals surface area contributed by atoms with Crippen molar-refractivity contribution >= 4 is 28.4 Å². The van der Waals surface area contributed by atoms with Crippen molar-refractivity contribution in [2.45, 2.75) is 0 Å². The average molecular weight is 401 g/mol. The van der Waals surface area contributed by atoms with E-state index in [4.69, 9.17) is 19.2 Å². The van der Waals surface area contributed by atoms with Crippen molar-refractivity contribution in [1.29, 1.82) is 5.26 Å².